The molecule has 2 aromatic carbocycles. The van der Waals surface area contributed by atoms with Crippen molar-refractivity contribution in [1.29, 1.82) is 0 Å². The molecule has 0 saturated heterocycles. The second kappa shape index (κ2) is 9.27. The number of benzene rings is 2. The number of aromatic nitrogens is 2. The van der Waals surface area contributed by atoms with Gasteiger partial charge in [-0.15, -0.1) is 13.2 Å². The second-order valence-corrected chi connectivity index (χ2v) is 7.80. The summed E-state index contributed by atoms with van der Waals surface area (Å²) < 4.78 is 48.3. The van der Waals surface area contributed by atoms with Crippen molar-refractivity contribution in [3.63, 3.8) is 0 Å². The summed E-state index contributed by atoms with van der Waals surface area (Å²) >= 11 is 0. The van der Waals surface area contributed by atoms with Gasteiger partial charge in [0.25, 0.3) is 0 Å². The first kappa shape index (κ1) is 22.8. The van der Waals surface area contributed by atoms with Gasteiger partial charge < -0.3 is 14.0 Å². The molecule has 3 aromatic rings. The smallest absolute Gasteiger partial charge is 0.462 e. The zero-order valence-electron chi connectivity index (χ0n) is 18.4. The van der Waals surface area contributed by atoms with Crippen molar-refractivity contribution in [3.8, 4) is 17.1 Å². The summed E-state index contributed by atoms with van der Waals surface area (Å²) in [5.41, 5.74) is 4.19. The van der Waals surface area contributed by atoms with Gasteiger partial charge >= 0.3 is 12.3 Å². The van der Waals surface area contributed by atoms with Crippen LogP contribution in [-0.4, -0.2) is 39.9 Å². The molecule has 0 spiro atoms. The molecule has 0 fully saturated rings. The summed E-state index contributed by atoms with van der Waals surface area (Å²) in [6, 6.07) is 13.1. The van der Waals surface area contributed by atoms with Gasteiger partial charge in [-0.3, -0.25) is 4.90 Å². The Balaban J connectivity index is 1.52. The highest BCUT2D eigenvalue weighted by atomic mass is 19.4. The van der Waals surface area contributed by atoms with Gasteiger partial charge in [0, 0.05) is 38.7 Å². The maximum absolute atomic E-state index is 12.4. The summed E-state index contributed by atoms with van der Waals surface area (Å²) in [4.78, 5) is 19.3. The van der Waals surface area contributed by atoms with Crippen molar-refractivity contribution < 1.29 is 27.4 Å². The minimum Gasteiger partial charge on any atom is -0.462 e. The topological polar surface area (TPSA) is 56.6 Å². The molecule has 0 N–H and O–H groups in total. The van der Waals surface area contributed by atoms with E-state index in [9.17, 15) is 18.0 Å². The minimum atomic E-state index is -4.72. The zero-order valence-corrected chi connectivity index (χ0v) is 18.4. The maximum atomic E-state index is 12.4. The average molecular weight is 459 g/mol. The number of ether oxygens (including phenoxy) is 2. The summed E-state index contributed by atoms with van der Waals surface area (Å²) in [6.45, 7) is 4.12. The number of carbonyl (C=O) groups is 1. The van der Waals surface area contributed by atoms with Crippen LogP contribution < -0.4 is 4.74 Å². The van der Waals surface area contributed by atoms with Gasteiger partial charge in [-0.1, -0.05) is 18.2 Å². The molecule has 0 saturated carbocycles. The lowest BCUT2D eigenvalue weighted by Gasteiger charge is -2.27. The van der Waals surface area contributed by atoms with E-state index in [0.717, 1.165) is 29.9 Å². The molecule has 1 aliphatic heterocycles. The Morgan fingerprint density at radius 3 is 2.55 bits per heavy atom. The van der Waals surface area contributed by atoms with E-state index in [2.05, 4.69) is 9.64 Å². The quantitative estimate of drug-likeness (QED) is 0.500. The van der Waals surface area contributed by atoms with Crippen molar-refractivity contribution in [2.45, 2.75) is 32.8 Å². The summed E-state index contributed by atoms with van der Waals surface area (Å²) in [6.07, 6.45) is -3.99. The highest BCUT2D eigenvalue weighted by molar-refractivity contribution is 5.91. The highest BCUT2D eigenvalue weighted by Gasteiger charge is 2.31. The third-order valence-electron chi connectivity index (χ3n) is 5.59. The molecule has 1 aliphatic rings. The molecule has 0 amide bonds. The van der Waals surface area contributed by atoms with Gasteiger partial charge in [0.05, 0.1) is 23.6 Å². The van der Waals surface area contributed by atoms with Crippen LogP contribution in [0.15, 0.2) is 48.5 Å². The number of imidazole rings is 1. The number of halogens is 3. The van der Waals surface area contributed by atoms with Crippen molar-refractivity contribution in [3.05, 3.63) is 71.0 Å². The van der Waals surface area contributed by atoms with Crippen molar-refractivity contribution in [2.75, 3.05) is 13.2 Å². The Bertz CT molecular complexity index is 1140. The van der Waals surface area contributed by atoms with Gasteiger partial charge in [-0.25, -0.2) is 9.78 Å². The van der Waals surface area contributed by atoms with Crippen LogP contribution in [0.1, 0.15) is 34.2 Å². The molecule has 0 atom stereocenters. The number of fused-ring (bicyclic) bond motifs is 1. The fourth-order valence-corrected chi connectivity index (χ4v) is 4.05. The monoisotopic (exact) mass is 459 g/mol. The number of nitrogens with zero attached hydrogens (tertiary/aromatic N) is 3. The molecule has 174 valence electrons. The van der Waals surface area contributed by atoms with Crippen LogP contribution in [0.25, 0.3) is 11.4 Å². The van der Waals surface area contributed by atoms with Gasteiger partial charge in [0.15, 0.2) is 0 Å². The number of rotatable bonds is 6. The summed E-state index contributed by atoms with van der Waals surface area (Å²) in [5, 5.41) is 0. The molecular weight excluding hydrogens is 435 g/mol. The predicted octanol–water partition coefficient (Wildman–Crippen LogP) is 4.72. The van der Waals surface area contributed by atoms with E-state index in [-0.39, 0.29) is 11.7 Å². The Labute approximate surface area is 189 Å². The van der Waals surface area contributed by atoms with E-state index in [1.165, 1.54) is 12.1 Å². The van der Waals surface area contributed by atoms with Crippen LogP contribution >= 0.6 is 0 Å². The number of esters is 1. The lowest BCUT2D eigenvalue weighted by atomic mass is 10.1. The van der Waals surface area contributed by atoms with Gasteiger partial charge in [-0.05, 0) is 42.8 Å². The standard InChI is InChI=1S/C24H24F3N3O3/c1-3-32-23(31)19-7-5-4-6-17(19)14-30-13-12-20-21(15-30)29(2)22(28-20)16-8-10-18(11-9-16)33-24(25,26)27/h4-11H,3,12-15H2,1-2H3. The highest BCUT2D eigenvalue weighted by Crippen LogP contribution is 2.29. The van der Waals surface area contributed by atoms with Crippen LogP contribution in [0.3, 0.4) is 0 Å². The molecule has 2 heterocycles. The molecule has 6 nitrogen and oxygen atoms in total. The first-order chi connectivity index (χ1) is 15.7. The fourth-order valence-electron chi connectivity index (χ4n) is 4.05. The molecule has 1 aromatic heterocycles. The normalized spacial score (nSPS) is 14.1. The van der Waals surface area contributed by atoms with Crippen LogP contribution in [0.2, 0.25) is 0 Å². The van der Waals surface area contributed by atoms with E-state index in [1.807, 2.05) is 29.8 Å². The Morgan fingerprint density at radius 1 is 1.12 bits per heavy atom. The number of hydrogen-bond donors (Lipinski definition) is 0. The van der Waals surface area contributed by atoms with Crippen LogP contribution in [-0.2, 0) is 31.3 Å². The molecule has 0 aliphatic carbocycles. The molecule has 0 unspecified atom stereocenters. The average Bonchev–Trinajstić information content (AvgIpc) is 3.10. The van der Waals surface area contributed by atoms with Crippen LogP contribution in [0.5, 0.6) is 5.75 Å². The third kappa shape index (κ3) is 5.19. The zero-order chi connectivity index (χ0) is 23.6. The van der Waals surface area contributed by atoms with Crippen LogP contribution in [0.4, 0.5) is 13.2 Å². The number of carbonyl (C=O) groups excluding carboxylic acids is 1. The molecule has 33 heavy (non-hydrogen) atoms. The molecule has 9 heteroatoms. The van der Waals surface area contributed by atoms with E-state index in [1.54, 1.807) is 25.1 Å². The summed E-state index contributed by atoms with van der Waals surface area (Å²) in [7, 11) is 1.90. The van der Waals surface area contributed by atoms with Crippen LogP contribution in [0, 0.1) is 0 Å². The van der Waals surface area contributed by atoms with Crippen molar-refractivity contribution in [1.82, 2.24) is 14.5 Å². The molecule has 4 rings (SSSR count). The lowest BCUT2D eigenvalue weighted by Crippen LogP contribution is -2.31. The molecular formula is C24H24F3N3O3. The first-order valence-electron chi connectivity index (χ1n) is 10.6. The largest absolute Gasteiger partial charge is 0.573 e. The van der Waals surface area contributed by atoms with E-state index < -0.39 is 6.36 Å². The van der Waals surface area contributed by atoms with Gasteiger partial charge in [-0.2, -0.15) is 0 Å². The van der Waals surface area contributed by atoms with Crippen molar-refractivity contribution in [2.24, 2.45) is 7.05 Å². The Morgan fingerprint density at radius 2 is 1.85 bits per heavy atom. The SMILES string of the molecule is CCOC(=O)c1ccccc1CN1CCc2nc(-c3ccc(OC(F)(F)F)cc3)n(C)c2C1. The Kier molecular flexibility index (Phi) is 6.42. The van der Waals surface area contributed by atoms with E-state index in [4.69, 9.17) is 9.72 Å². The van der Waals surface area contributed by atoms with Gasteiger partial charge in [0.2, 0.25) is 0 Å². The fraction of sp³-hybridized carbons (Fsp3) is 0.333. The third-order valence-corrected chi connectivity index (χ3v) is 5.59. The molecule has 0 radical (unpaired) electrons. The van der Waals surface area contributed by atoms with Gasteiger partial charge in [0.1, 0.15) is 11.6 Å². The number of alkyl halides is 3. The van der Waals surface area contributed by atoms with Crippen molar-refractivity contribution >= 4 is 5.97 Å². The second-order valence-electron chi connectivity index (χ2n) is 7.80. The minimum absolute atomic E-state index is 0.267. The Hall–Kier alpha value is -3.33. The lowest BCUT2D eigenvalue weighted by molar-refractivity contribution is -0.274. The predicted molar refractivity (Wildman–Crippen MR) is 116 cm³/mol. The number of hydrogen-bond acceptors (Lipinski definition) is 5. The maximum Gasteiger partial charge on any atom is 0.573 e. The first-order valence-corrected chi connectivity index (χ1v) is 10.6. The molecule has 0 bridgehead atoms. The van der Waals surface area contributed by atoms with E-state index in [0.29, 0.717) is 36.6 Å². The summed E-state index contributed by atoms with van der Waals surface area (Å²) in [5.74, 6) is 0.0931. The van der Waals surface area contributed by atoms with E-state index >= 15 is 0 Å².